The lowest BCUT2D eigenvalue weighted by molar-refractivity contribution is 0.190. The van der Waals surface area contributed by atoms with Gasteiger partial charge >= 0.3 is 0 Å². The smallest absolute Gasteiger partial charge is 0.161 e. The van der Waals surface area contributed by atoms with E-state index in [1.165, 1.54) is 5.56 Å². The van der Waals surface area contributed by atoms with Crippen molar-refractivity contribution in [2.75, 3.05) is 14.2 Å². The van der Waals surface area contributed by atoms with Crippen LogP contribution in [-0.2, 0) is 0 Å². The molecule has 0 saturated carbocycles. The third-order valence-electron chi connectivity index (χ3n) is 2.83. The molecular weight excluding hydrogens is 214 g/mol. The molecule has 1 aromatic carbocycles. The van der Waals surface area contributed by atoms with Gasteiger partial charge in [-0.05, 0) is 51.9 Å². The van der Waals surface area contributed by atoms with Crippen LogP contribution in [-0.4, -0.2) is 26.3 Å². The van der Waals surface area contributed by atoms with E-state index in [1.807, 2.05) is 32.2 Å². The molecular formula is C14H23NO2. The van der Waals surface area contributed by atoms with E-state index in [1.54, 1.807) is 7.11 Å². The SMILES string of the molecule is CNC(C)CC(C)Oc1ccc(C)cc1OC. The third-order valence-corrected chi connectivity index (χ3v) is 2.83. The molecule has 0 radical (unpaired) electrons. The highest BCUT2D eigenvalue weighted by Crippen LogP contribution is 2.29. The maximum absolute atomic E-state index is 5.90. The zero-order valence-corrected chi connectivity index (χ0v) is 11.4. The number of ether oxygens (including phenoxy) is 2. The van der Waals surface area contributed by atoms with Crippen LogP contribution in [0.1, 0.15) is 25.8 Å². The van der Waals surface area contributed by atoms with E-state index in [9.17, 15) is 0 Å². The first kappa shape index (κ1) is 13.8. The number of aryl methyl sites for hydroxylation is 1. The Morgan fingerprint density at radius 3 is 2.53 bits per heavy atom. The molecule has 0 fully saturated rings. The van der Waals surface area contributed by atoms with Gasteiger partial charge in [0.1, 0.15) is 0 Å². The zero-order valence-electron chi connectivity index (χ0n) is 11.4. The van der Waals surface area contributed by atoms with E-state index < -0.39 is 0 Å². The van der Waals surface area contributed by atoms with Crippen molar-refractivity contribution in [1.82, 2.24) is 5.32 Å². The lowest BCUT2D eigenvalue weighted by Gasteiger charge is -2.20. The second-order valence-electron chi connectivity index (χ2n) is 4.51. The lowest BCUT2D eigenvalue weighted by Crippen LogP contribution is -2.28. The molecule has 0 heterocycles. The van der Waals surface area contributed by atoms with Gasteiger partial charge in [0.25, 0.3) is 0 Å². The van der Waals surface area contributed by atoms with Gasteiger partial charge in [0.05, 0.1) is 13.2 Å². The zero-order chi connectivity index (χ0) is 12.8. The molecule has 2 atom stereocenters. The molecule has 17 heavy (non-hydrogen) atoms. The first-order valence-electron chi connectivity index (χ1n) is 6.05. The van der Waals surface area contributed by atoms with Crippen LogP contribution in [0.4, 0.5) is 0 Å². The maximum Gasteiger partial charge on any atom is 0.161 e. The van der Waals surface area contributed by atoms with Crippen molar-refractivity contribution in [3.05, 3.63) is 23.8 Å². The van der Waals surface area contributed by atoms with Crippen molar-refractivity contribution >= 4 is 0 Å². The Bertz CT molecular complexity index is 352. The largest absolute Gasteiger partial charge is 0.493 e. The van der Waals surface area contributed by atoms with Gasteiger partial charge in [0, 0.05) is 6.04 Å². The van der Waals surface area contributed by atoms with Crippen LogP contribution in [0.5, 0.6) is 11.5 Å². The normalized spacial score (nSPS) is 14.2. The summed E-state index contributed by atoms with van der Waals surface area (Å²) >= 11 is 0. The first-order valence-corrected chi connectivity index (χ1v) is 6.05. The molecule has 1 rings (SSSR count). The average molecular weight is 237 g/mol. The van der Waals surface area contributed by atoms with Crippen LogP contribution < -0.4 is 14.8 Å². The molecule has 0 amide bonds. The minimum Gasteiger partial charge on any atom is -0.493 e. The van der Waals surface area contributed by atoms with Gasteiger partial charge in [-0.25, -0.2) is 0 Å². The Kier molecular flexibility index (Phi) is 5.29. The summed E-state index contributed by atoms with van der Waals surface area (Å²) in [7, 11) is 3.63. The summed E-state index contributed by atoms with van der Waals surface area (Å²) in [5, 5.41) is 3.21. The molecule has 0 aliphatic carbocycles. The molecule has 3 nitrogen and oxygen atoms in total. The van der Waals surface area contributed by atoms with E-state index in [-0.39, 0.29) is 6.10 Å². The quantitative estimate of drug-likeness (QED) is 0.825. The second kappa shape index (κ2) is 6.50. The van der Waals surface area contributed by atoms with E-state index in [2.05, 4.69) is 19.2 Å². The van der Waals surface area contributed by atoms with Crippen molar-refractivity contribution in [2.24, 2.45) is 0 Å². The van der Waals surface area contributed by atoms with Gasteiger partial charge in [-0.2, -0.15) is 0 Å². The number of benzene rings is 1. The van der Waals surface area contributed by atoms with E-state index in [0.29, 0.717) is 6.04 Å². The van der Waals surface area contributed by atoms with Crippen molar-refractivity contribution in [1.29, 1.82) is 0 Å². The standard InChI is InChI=1S/C14H23NO2/c1-10-6-7-13(14(8-10)16-5)17-12(3)9-11(2)15-4/h6-8,11-12,15H,9H2,1-5H3. The van der Waals surface area contributed by atoms with Gasteiger partial charge in [0.15, 0.2) is 11.5 Å². The van der Waals surface area contributed by atoms with Crippen molar-refractivity contribution in [3.63, 3.8) is 0 Å². The van der Waals surface area contributed by atoms with Gasteiger partial charge < -0.3 is 14.8 Å². The number of nitrogens with one attached hydrogen (secondary N) is 1. The molecule has 3 heteroatoms. The maximum atomic E-state index is 5.90. The van der Waals surface area contributed by atoms with Gasteiger partial charge in [-0.15, -0.1) is 0 Å². The predicted molar refractivity (Wildman–Crippen MR) is 71.0 cm³/mol. The average Bonchev–Trinajstić information content (AvgIpc) is 2.31. The fourth-order valence-electron chi connectivity index (χ4n) is 1.75. The van der Waals surface area contributed by atoms with Crippen LogP contribution in [0.25, 0.3) is 0 Å². The molecule has 0 aliphatic heterocycles. The fraction of sp³-hybridized carbons (Fsp3) is 0.571. The summed E-state index contributed by atoms with van der Waals surface area (Å²) in [6, 6.07) is 6.44. The fourth-order valence-corrected chi connectivity index (χ4v) is 1.75. The highest BCUT2D eigenvalue weighted by molar-refractivity contribution is 5.42. The van der Waals surface area contributed by atoms with Crippen molar-refractivity contribution in [3.8, 4) is 11.5 Å². The third kappa shape index (κ3) is 4.27. The van der Waals surface area contributed by atoms with Gasteiger partial charge in [-0.1, -0.05) is 6.07 Å². The first-order chi connectivity index (χ1) is 8.06. The van der Waals surface area contributed by atoms with E-state index in [4.69, 9.17) is 9.47 Å². The molecule has 96 valence electrons. The summed E-state index contributed by atoms with van der Waals surface area (Å²) in [6.07, 6.45) is 1.13. The summed E-state index contributed by atoms with van der Waals surface area (Å²) < 4.78 is 11.2. The highest BCUT2D eigenvalue weighted by atomic mass is 16.5. The Morgan fingerprint density at radius 2 is 1.94 bits per heavy atom. The van der Waals surface area contributed by atoms with Crippen LogP contribution in [0, 0.1) is 6.92 Å². The van der Waals surface area contributed by atoms with Crippen LogP contribution in [0.15, 0.2) is 18.2 Å². The van der Waals surface area contributed by atoms with Gasteiger partial charge in [0.2, 0.25) is 0 Å². The number of hydrogen-bond acceptors (Lipinski definition) is 3. The molecule has 0 bridgehead atoms. The number of hydrogen-bond donors (Lipinski definition) is 1. The topological polar surface area (TPSA) is 30.5 Å². The molecule has 1 N–H and O–H groups in total. The van der Waals surface area contributed by atoms with Gasteiger partial charge in [-0.3, -0.25) is 0 Å². The van der Waals surface area contributed by atoms with E-state index in [0.717, 1.165) is 17.9 Å². The predicted octanol–water partition coefficient (Wildman–Crippen LogP) is 2.77. The summed E-state index contributed by atoms with van der Waals surface area (Å²) in [5.41, 5.74) is 1.17. The summed E-state index contributed by atoms with van der Waals surface area (Å²) in [6.45, 7) is 6.26. The molecule has 0 spiro atoms. The molecule has 2 unspecified atom stereocenters. The molecule has 1 aromatic rings. The number of methoxy groups -OCH3 is 1. The van der Waals surface area contributed by atoms with Crippen LogP contribution in [0.2, 0.25) is 0 Å². The summed E-state index contributed by atoms with van der Waals surface area (Å²) in [4.78, 5) is 0. The minimum atomic E-state index is 0.161. The lowest BCUT2D eigenvalue weighted by atomic mass is 10.1. The minimum absolute atomic E-state index is 0.161. The Labute approximate surface area is 104 Å². The Hall–Kier alpha value is -1.22. The monoisotopic (exact) mass is 237 g/mol. The Morgan fingerprint density at radius 1 is 1.24 bits per heavy atom. The molecule has 0 saturated heterocycles. The summed E-state index contributed by atoms with van der Waals surface area (Å²) in [5.74, 6) is 1.61. The highest BCUT2D eigenvalue weighted by Gasteiger charge is 2.11. The number of rotatable bonds is 6. The Balaban J connectivity index is 2.67. The second-order valence-corrected chi connectivity index (χ2v) is 4.51. The van der Waals surface area contributed by atoms with E-state index >= 15 is 0 Å². The molecule has 0 aliphatic rings. The van der Waals surface area contributed by atoms with Crippen LogP contribution >= 0.6 is 0 Å². The molecule has 0 aromatic heterocycles. The van der Waals surface area contributed by atoms with Crippen molar-refractivity contribution < 1.29 is 9.47 Å². The van der Waals surface area contributed by atoms with Crippen molar-refractivity contribution in [2.45, 2.75) is 39.3 Å². The van der Waals surface area contributed by atoms with Crippen LogP contribution in [0.3, 0.4) is 0 Å².